The van der Waals surface area contributed by atoms with E-state index < -0.39 is 10.0 Å². The first-order valence-electron chi connectivity index (χ1n) is 5.73. The number of thiocarbonyl (C=S) groups is 1. The monoisotopic (exact) mass is 311 g/mol. The summed E-state index contributed by atoms with van der Waals surface area (Å²) in [5, 5.41) is 7.38. The summed E-state index contributed by atoms with van der Waals surface area (Å²) in [5.41, 5.74) is 5.86. The number of rotatable bonds is 6. The molecule has 9 heteroatoms. The van der Waals surface area contributed by atoms with Gasteiger partial charge >= 0.3 is 0 Å². The molecule has 0 aliphatic rings. The van der Waals surface area contributed by atoms with Gasteiger partial charge in [0, 0.05) is 18.3 Å². The number of aromatic nitrogens is 3. The van der Waals surface area contributed by atoms with E-state index in [0.29, 0.717) is 12.1 Å². The van der Waals surface area contributed by atoms with Gasteiger partial charge in [-0.2, -0.15) is 0 Å². The van der Waals surface area contributed by atoms with E-state index in [9.17, 15) is 8.42 Å². The molecule has 7 nitrogen and oxygen atoms in total. The number of nitrogens with zero attached hydrogens (tertiary/aromatic N) is 3. The Morgan fingerprint density at radius 1 is 1.40 bits per heavy atom. The van der Waals surface area contributed by atoms with Gasteiger partial charge in [-0.15, -0.1) is 5.10 Å². The summed E-state index contributed by atoms with van der Waals surface area (Å²) in [7, 11) is -3.67. The Morgan fingerprint density at radius 3 is 2.80 bits per heavy atom. The zero-order chi connectivity index (χ0) is 14.6. The molecule has 0 aliphatic heterocycles. The summed E-state index contributed by atoms with van der Waals surface area (Å²) in [5.74, 6) is 0. The minimum absolute atomic E-state index is 0.0438. The Balaban J connectivity index is 2.12. The highest BCUT2D eigenvalue weighted by atomic mass is 32.2. The van der Waals surface area contributed by atoms with Gasteiger partial charge in [-0.05, 0) is 6.07 Å². The van der Waals surface area contributed by atoms with E-state index in [1.165, 1.54) is 16.9 Å². The van der Waals surface area contributed by atoms with Crippen LogP contribution in [0.3, 0.4) is 0 Å². The Kier molecular flexibility index (Phi) is 4.42. The van der Waals surface area contributed by atoms with Crippen molar-refractivity contribution in [2.75, 3.05) is 6.54 Å². The lowest BCUT2D eigenvalue weighted by atomic mass is 10.2. The van der Waals surface area contributed by atoms with Gasteiger partial charge in [0.05, 0.1) is 17.6 Å². The molecule has 0 radical (unpaired) electrons. The second kappa shape index (κ2) is 6.07. The van der Waals surface area contributed by atoms with Crippen molar-refractivity contribution in [2.24, 2.45) is 5.73 Å². The molecule has 0 unspecified atom stereocenters. The maximum atomic E-state index is 12.2. The van der Waals surface area contributed by atoms with Gasteiger partial charge in [0.25, 0.3) is 0 Å². The van der Waals surface area contributed by atoms with E-state index in [1.54, 1.807) is 24.4 Å². The van der Waals surface area contributed by atoms with Crippen LogP contribution in [0.1, 0.15) is 5.56 Å². The highest BCUT2D eigenvalue weighted by Crippen LogP contribution is 2.14. The van der Waals surface area contributed by atoms with Crippen LogP contribution in [0.15, 0.2) is 41.6 Å². The third-order valence-corrected chi connectivity index (χ3v) is 4.29. The molecule has 0 saturated carbocycles. The molecule has 20 heavy (non-hydrogen) atoms. The molecule has 0 fully saturated rings. The van der Waals surface area contributed by atoms with Crippen molar-refractivity contribution < 1.29 is 8.42 Å². The fourth-order valence-electron chi connectivity index (χ4n) is 1.63. The van der Waals surface area contributed by atoms with E-state index in [0.717, 1.165) is 0 Å². The Hall–Kier alpha value is -1.84. The quantitative estimate of drug-likeness (QED) is 0.722. The number of sulfonamides is 1. The summed E-state index contributed by atoms with van der Waals surface area (Å²) >= 11 is 4.86. The third kappa shape index (κ3) is 3.38. The van der Waals surface area contributed by atoms with Gasteiger partial charge in [0.15, 0.2) is 0 Å². The van der Waals surface area contributed by atoms with Crippen LogP contribution in [-0.4, -0.2) is 34.9 Å². The van der Waals surface area contributed by atoms with E-state index in [1.807, 2.05) is 0 Å². The molecule has 0 spiro atoms. The number of nitrogens with one attached hydrogen (secondary N) is 1. The average molecular weight is 311 g/mol. The fraction of sp³-hybridized carbons (Fsp3) is 0.182. The van der Waals surface area contributed by atoms with Crippen LogP contribution in [-0.2, 0) is 16.6 Å². The first-order valence-corrected chi connectivity index (χ1v) is 7.62. The van der Waals surface area contributed by atoms with Crippen molar-refractivity contribution in [2.45, 2.75) is 11.4 Å². The van der Waals surface area contributed by atoms with Crippen LogP contribution in [0.5, 0.6) is 0 Å². The van der Waals surface area contributed by atoms with E-state index in [4.69, 9.17) is 18.0 Å². The minimum Gasteiger partial charge on any atom is -0.389 e. The lowest BCUT2D eigenvalue weighted by molar-refractivity contribution is 0.553. The predicted molar refractivity (Wildman–Crippen MR) is 77.5 cm³/mol. The smallest absolute Gasteiger partial charge is 0.241 e. The van der Waals surface area contributed by atoms with Gasteiger partial charge in [-0.25, -0.2) is 13.1 Å². The summed E-state index contributed by atoms with van der Waals surface area (Å²) in [4.78, 5) is 0.119. The molecule has 3 N–H and O–H groups in total. The van der Waals surface area contributed by atoms with Crippen molar-refractivity contribution in [3.05, 3.63) is 42.2 Å². The summed E-state index contributed by atoms with van der Waals surface area (Å²) in [6.07, 6.45) is 3.17. The molecule has 0 atom stereocenters. The lowest BCUT2D eigenvalue weighted by Gasteiger charge is -2.10. The number of hydrogen-bond donors (Lipinski definition) is 2. The molecule has 0 amide bonds. The van der Waals surface area contributed by atoms with Crippen LogP contribution < -0.4 is 10.5 Å². The zero-order valence-corrected chi connectivity index (χ0v) is 12.1. The average Bonchev–Trinajstić information content (AvgIpc) is 2.91. The predicted octanol–water partition coefficient (Wildman–Crippen LogP) is -0.109. The molecule has 1 aromatic carbocycles. The SMILES string of the molecule is NC(=S)c1ccccc1S(=O)(=O)NCCn1ccnn1. The Labute approximate surface area is 121 Å². The van der Waals surface area contributed by atoms with Crippen LogP contribution in [0.2, 0.25) is 0 Å². The summed E-state index contributed by atoms with van der Waals surface area (Å²) in [6, 6.07) is 6.34. The molecule has 106 valence electrons. The molecule has 0 saturated heterocycles. The second-order valence-corrected chi connectivity index (χ2v) is 6.10. The summed E-state index contributed by atoms with van der Waals surface area (Å²) in [6.45, 7) is 0.575. The van der Waals surface area contributed by atoms with Crippen LogP contribution in [0.25, 0.3) is 0 Å². The molecule has 0 bridgehead atoms. The molecule has 1 heterocycles. The molecule has 0 aliphatic carbocycles. The van der Waals surface area contributed by atoms with E-state index in [-0.39, 0.29) is 16.4 Å². The number of benzene rings is 1. The fourth-order valence-corrected chi connectivity index (χ4v) is 3.11. The van der Waals surface area contributed by atoms with Crippen molar-refractivity contribution in [1.82, 2.24) is 19.7 Å². The molecular weight excluding hydrogens is 298 g/mol. The largest absolute Gasteiger partial charge is 0.389 e. The van der Waals surface area contributed by atoms with Crippen LogP contribution in [0.4, 0.5) is 0 Å². The molecule has 2 aromatic rings. The standard InChI is InChI=1S/C11H13N5O2S2/c12-11(19)9-3-1-2-4-10(9)20(17,18)14-6-8-16-7-5-13-15-16/h1-5,7,14H,6,8H2,(H2,12,19). The minimum atomic E-state index is -3.67. The normalized spacial score (nSPS) is 11.4. The molecular formula is C11H13N5O2S2. The number of nitrogens with two attached hydrogens (primary N) is 1. The van der Waals surface area contributed by atoms with Gasteiger partial charge in [0.1, 0.15) is 4.99 Å². The third-order valence-electron chi connectivity index (χ3n) is 2.55. The Bertz CT molecular complexity index is 697. The van der Waals surface area contributed by atoms with Gasteiger partial charge < -0.3 is 5.73 Å². The van der Waals surface area contributed by atoms with Gasteiger partial charge in [0.2, 0.25) is 10.0 Å². The van der Waals surface area contributed by atoms with E-state index >= 15 is 0 Å². The number of hydrogen-bond acceptors (Lipinski definition) is 5. The van der Waals surface area contributed by atoms with Gasteiger partial charge in [-0.1, -0.05) is 35.6 Å². The van der Waals surface area contributed by atoms with Crippen molar-refractivity contribution in [1.29, 1.82) is 0 Å². The van der Waals surface area contributed by atoms with Crippen LogP contribution in [0, 0.1) is 0 Å². The first-order chi connectivity index (χ1) is 9.50. The summed E-state index contributed by atoms with van der Waals surface area (Å²) < 4.78 is 28.4. The van der Waals surface area contributed by atoms with Crippen LogP contribution >= 0.6 is 12.2 Å². The highest BCUT2D eigenvalue weighted by molar-refractivity contribution is 7.89. The lowest BCUT2D eigenvalue weighted by Crippen LogP contribution is -2.29. The maximum Gasteiger partial charge on any atom is 0.241 e. The Morgan fingerprint density at radius 2 is 2.15 bits per heavy atom. The maximum absolute atomic E-state index is 12.2. The first kappa shape index (κ1) is 14.6. The second-order valence-electron chi connectivity index (χ2n) is 3.92. The van der Waals surface area contributed by atoms with Crippen molar-refractivity contribution in [3.63, 3.8) is 0 Å². The van der Waals surface area contributed by atoms with Crippen molar-refractivity contribution >= 4 is 27.2 Å². The van der Waals surface area contributed by atoms with E-state index in [2.05, 4.69) is 15.0 Å². The highest BCUT2D eigenvalue weighted by Gasteiger charge is 2.18. The zero-order valence-electron chi connectivity index (χ0n) is 10.4. The molecule has 1 aromatic heterocycles. The molecule has 2 rings (SSSR count). The van der Waals surface area contributed by atoms with Crippen molar-refractivity contribution in [3.8, 4) is 0 Å². The topological polar surface area (TPSA) is 103 Å². The van der Waals surface area contributed by atoms with Gasteiger partial charge in [-0.3, -0.25) is 4.68 Å².